The summed E-state index contributed by atoms with van der Waals surface area (Å²) in [5, 5.41) is 2.95. The molecule has 0 atom stereocenters. The first kappa shape index (κ1) is 12.2. The Bertz CT molecular complexity index is 354. The number of hydrogen-bond acceptors (Lipinski definition) is 2. The minimum absolute atomic E-state index is 0.159. The van der Waals surface area contributed by atoms with Crippen LogP contribution in [0.25, 0.3) is 0 Å². The molecule has 0 saturated carbocycles. The van der Waals surface area contributed by atoms with Crippen LogP contribution in [0.2, 0.25) is 0 Å². The SMILES string of the molecule is CC(=O)CCCNc1cc(Br)ccc1F. The number of benzene rings is 1. The molecule has 0 aliphatic rings. The number of hydrogen-bond donors (Lipinski definition) is 1. The highest BCUT2D eigenvalue weighted by Gasteiger charge is 2.01. The van der Waals surface area contributed by atoms with Gasteiger partial charge in [-0.2, -0.15) is 0 Å². The van der Waals surface area contributed by atoms with Crippen LogP contribution in [0.15, 0.2) is 22.7 Å². The first-order valence-electron chi connectivity index (χ1n) is 4.78. The highest BCUT2D eigenvalue weighted by Crippen LogP contribution is 2.19. The van der Waals surface area contributed by atoms with Gasteiger partial charge in [0.15, 0.2) is 0 Å². The van der Waals surface area contributed by atoms with Crippen LogP contribution in [0.5, 0.6) is 0 Å². The van der Waals surface area contributed by atoms with E-state index in [9.17, 15) is 9.18 Å². The van der Waals surface area contributed by atoms with E-state index in [4.69, 9.17) is 0 Å². The summed E-state index contributed by atoms with van der Waals surface area (Å²) in [5.41, 5.74) is 0.466. The van der Waals surface area contributed by atoms with Gasteiger partial charge in [0.1, 0.15) is 11.6 Å². The number of rotatable bonds is 5. The first-order chi connectivity index (χ1) is 7.09. The van der Waals surface area contributed by atoms with Crippen molar-refractivity contribution in [3.05, 3.63) is 28.5 Å². The predicted octanol–water partition coefficient (Wildman–Crippen LogP) is 3.37. The Balaban J connectivity index is 2.43. The quantitative estimate of drug-likeness (QED) is 0.834. The van der Waals surface area contributed by atoms with Gasteiger partial charge in [0, 0.05) is 17.4 Å². The Labute approximate surface area is 97.0 Å². The molecule has 0 spiro atoms. The highest BCUT2D eigenvalue weighted by molar-refractivity contribution is 9.10. The zero-order chi connectivity index (χ0) is 11.3. The van der Waals surface area contributed by atoms with Crippen LogP contribution in [0.1, 0.15) is 19.8 Å². The van der Waals surface area contributed by atoms with Crippen molar-refractivity contribution in [3.8, 4) is 0 Å². The molecule has 4 heteroatoms. The maximum atomic E-state index is 13.2. The van der Waals surface area contributed by atoms with Gasteiger partial charge in [-0.3, -0.25) is 0 Å². The normalized spacial score (nSPS) is 10.1. The molecule has 1 N–H and O–H groups in total. The lowest BCUT2D eigenvalue weighted by Crippen LogP contribution is -2.05. The molecular weight excluding hydrogens is 261 g/mol. The maximum Gasteiger partial charge on any atom is 0.146 e. The average molecular weight is 274 g/mol. The Morgan fingerprint density at radius 3 is 2.93 bits per heavy atom. The standard InChI is InChI=1S/C11H13BrFNO/c1-8(15)3-2-6-14-11-7-9(12)4-5-10(11)13/h4-5,7,14H,2-3,6H2,1H3. The van der Waals surface area contributed by atoms with Crippen LogP contribution in [0.3, 0.4) is 0 Å². The largest absolute Gasteiger partial charge is 0.383 e. The summed E-state index contributed by atoms with van der Waals surface area (Å²) in [4.78, 5) is 10.7. The average Bonchev–Trinajstić information content (AvgIpc) is 2.17. The molecule has 0 amide bonds. The van der Waals surface area contributed by atoms with Crippen molar-refractivity contribution in [2.24, 2.45) is 0 Å². The fourth-order valence-electron chi connectivity index (χ4n) is 1.19. The van der Waals surface area contributed by atoms with Crippen molar-refractivity contribution in [1.29, 1.82) is 0 Å². The number of carbonyl (C=O) groups is 1. The number of halogens is 2. The van der Waals surface area contributed by atoms with Crippen LogP contribution < -0.4 is 5.32 Å². The lowest BCUT2D eigenvalue weighted by molar-refractivity contribution is -0.117. The van der Waals surface area contributed by atoms with Crippen molar-refractivity contribution in [2.45, 2.75) is 19.8 Å². The Morgan fingerprint density at radius 1 is 1.53 bits per heavy atom. The lowest BCUT2D eigenvalue weighted by atomic mass is 10.2. The lowest BCUT2D eigenvalue weighted by Gasteiger charge is -2.07. The van der Waals surface area contributed by atoms with E-state index in [1.807, 2.05) is 0 Å². The minimum atomic E-state index is -0.277. The van der Waals surface area contributed by atoms with Gasteiger partial charge in [0.05, 0.1) is 5.69 Å². The Morgan fingerprint density at radius 2 is 2.27 bits per heavy atom. The second kappa shape index (κ2) is 5.85. The molecule has 0 unspecified atom stereocenters. The third-order valence-corrected chi connectivity index (χ3v) is 2.44. The summed E-state index contributed by atoms with van der Waals surface area (Å²) in [6.07, 6.45) is 1.25. The summed E-state index contributed by atoms with van der Waals surface area (Å²) in [7, 11) is 0. The van der Waals surface area contributed by atoms with Gasteiger partial charge in [0.2, 0.25) is 0 Å². The minimum Gasteiger partial charge on any atom is -0.383 e. The monoisotopic (exact) mass is 273 g/mol. The summed E-state index contributed by atoms with van der Waals surface area (Å²) in [6.45, 7) is 2.16. The number of anilines is 1. The molecule has 0 aliphatic carbocycles. The number of carbonyl (C=O) groups excluding carboxylic acids is 1. The van der Waals surface area contributed by atoms with E-state index < -0.39 is 0 Å². The van der Waals surface area contributed by atoms with Crippen molar-refractivity contribution < 1.29 is 9.18 Å². The molecule has 0 radical (unpaired) electrons. The highest BCUT2D eigenvalue weighted by atomic mass is 79.9. The zero-order valence-corrected chi connectivity index (χ0v) is 10.1. The van der Waals surface area contributed by atoms with Crippen LogP contribution in [-0.4, -0.2) is 12.3 Å². The molecule has 82 valence electrons. The van der Waals surface area contributed by atoms with Gasteiger partial charge in [-0.1, -0.05) is 15.9 Å². The molecule has 0 bridgehead atoms. The first-order valence-corrected chi connectivity index (χ1v) is 5.57. The molecule has 0 saturated heterocycles. The molecule has 1 aromatic carbocycles. The fourth-order valence-corrected chi connectivity index (χ4v) is 1.55. The van der Waals surface area contributed by atoms with E-state index in [1.165, 1.54) is 6.07 Å². The van der Waals surface area contributed by atoms with Crippen molar-refractivity contribution in [1.82, 2.24) is 0 Å². The van der Waals surface area contributed by atoms with Crippen molar-refractivity contribution in [2.75, 3.05) is 11.9 Å². The summed E-state index contributed by atoms with van der Waals surface area (Å²) in [6, 6.07) is 4.73. The van der Waals surface area contributed by atoms with Crippen molar-refractivity contribution in [3.63, 3.8) is 0 Å². The van der Waals surface area contributed by atoms with Gasteiger partial charge in [-0.05, 0) is 31.5 Å². The smallest absolute Gasteiger partial charge is 0.146 e. The van der Waals surface area contributed by atoms with Gasteiger partial charge in [-0.25, -0.2) is 4.39 Å². The van der Waals surface area contributed by atoms with Gasteiger partial charge < -0.3 is 10.1 Å². The second-order valence-corrected chi connectivity index (χ2v) is 4.27. The van der Waals surface area contributed by atoms with Gasteiger partial charge >= 0.3 is 0 Å². The second-order valence-electron chi connectivity index (χ2n) is 3.36. The van der Waals surface area contributed by atoms with Crippen LogP contribution in [0.4, 0.5) is 10.1 Å². The van der Waals surface area contributed by atoms with E-state index >= 15 is 0 Å². The number of Topliss-reactive ketones (excluding diaryl/α,β-unsaturated/α-hetero) is 1. The van der Waals surface area contributed by atoms with E-state index in [2.05, 4.69) is 21.2 Å². The van der Waals surface area contributed by atoms with Gasteiger partial charge in [-0.15, -0.1) is 0 Å². The van der Waals surface area contributed by atoms with Crippen LogP contribution in [-0.2, 0) is 4.79 Å². The molecule has 0 aromatic heterocycles. The third-order valence-electron chi connectivity index (χ3n) is 1.95. The Hall–Kier alpha value is -0.900. The predicted molar refractivity (Wildman–Crippen MR) is 62.5 cm³/mol. The number of nitrogens with one attached hydrogen (secondary N) is 1. The van der Waals surface area contributed by atoms with E-state index in [0.717, 1.165) is 10.9 Å². The molecule has 0 heterocycles. The van der Waals surface area contributed by atoms with E-state index in [-0.39, 0.29) is 11.6 Å². The van der Waals surface area contributed by atoms with Crippen LogP contribution >= 0.6 is 15.9 Å². The summed E-state index contributed by atoms with van der Waals surface area (Å²) < 4.78 is 14.0. The molecule has 2 nitrogen and oxygen atoms in total. The van der Waals surface area contributed by atoms with E-state index in [1.54, 1.807) is 19.1 Å². The molecule has 0 aliphatic heterocycles. The van der Waals surface area contributed by atoms with Crippen LogP contribution in [0, 0.1) is 5.82 Å². The molecule has 1 aromatic rings. The maximum absolute atomic E-state index is 13.2. The van der Waals surface area contributed by atoms with Gasteiger partial charge in [0.25, 0.3) is 0 Å². The fraction of sp³-hybridized carbons (Fsp3) is 0.364. The molecular formula is C11H13BrFNO. The molecule has 1 rings (SSSR count). The Kier molecular flexibility index (Phi) is 4.75. The zero-order valence-electron chi connectivity index (χ0n) is 8.52. The topological polar surface area (TPSA) is 29.1 Å². The summed E-state index contributed by atoms with van der Waals surface area (Å²) >= 11 is 3.27. The third kappa shape index (κ3) is 4.42. The summed E-state index contributed by atoms with van der Waals surface area (Å²) in [5.74, 6) is -0.118. The molecule has 15 heavy (non-hydrogen) atoms. The number of ketones is 1. The molecule has 0 fully saturated rings. The van der Waals surface area contributed by atoms with E-state index in [0.29, 0.717) is 18.7 Å². The van der Waals surface area contributed by atoms with Crippen molar-refractivity contribution >= 4 is 27.4 Å².